The molecule has 0 spiro atoms. The zero-order valence-corrected chi connectivity index (χ0v) is 12.9. The van der Waals surface area contributed by atoms with Gasteiger partial charge >= 0.3 is 0 Å². The molecule has 1 N–H and O–H groups in total. The molecule has 1 fully saturated rings. The van der Waals surface area contributed by atoms with Crippen LogP contribution in [0.25, 0.3) is 0 Å². The molecule has 2 nitrogen and oxygen atoms in total. The smallest absolute Gasteiger partial charge is 0.251 e. The maximum Gasteiger partial charge on any atom is 0.251 e. The van der Waals surface area contributed by atoms with E-state index in [9.17, 15) is 4.79 Å². The van der Waals surface area contributed by atoms with Gasteiger partial charge in [0.25, 0.3) is 5.91 Å². The molecule has 1 aliphatic carbocycles. The first kappa shape index (κ1) is 13.8. The predicted molar refractivity (Wildman–Crippen MR) is 82.6 cm³/mol. The summed E-state index contributed by atoms with van der Waals surface area (Å²) < 4.78 is 1.10. The van der Waals surface area contributed by atoms with Gasteiger partial charge in [0.2, 0.25) is 0 Å². The van der Waals surface area contributed by atoms with Crippen LogP contribution in [-0.4, -0.2) is 12.5 Å². The Morgan fingerprint density at radius 1 is 1.33 bits per heavy atom. The number of halogens is 1. The summed E-state index contributed by atoms with van der Waals surface area (Å²) in [5, 5.41) is 3.07. The summed E-state index contributed by atoms with van der Waals surface area (Å²) in [6, 6.07) is 7.73. The molecule has 98 valence electrons. The first-order valence-corrected chi connectivity index (χ1v) is 7.77. The standard InChI is InChI=1S/C15H20INO/c1-11-5-7-12(8-6-11)10-17-15(18)13-3-2-4-14(16)9-13/h2-4,9,11-12H,5-8,10H2,1H3,(H,17,18). The van der Waals surface area contributed by atoms with Crippen molar-refractivity contribution in [2.75, 3.05) is 6.54 Å². The van der Waals surface area contributed by atoms with Gasteiger partial charge in [-0.15, -0.1) is 0 Å². The third-order valence-corrected chi connectivity index (χ3v) is 4.44. The summed E-state index contributed by atoms with van der Waals surface area (Å²) in [5.41, 5.74) is 0.770. The zero-order valence-electron chi connectivity index (χ0n) is 10.8. The normalized spacial score (nSPS) is 23.7. The van der Waals surface area contributed by atoms with E-state index >= 15 is 0 Å². The number of carbonyl (C=O) groups excluding carboxylic acids is 1. The molecule has 18 heavy (non-hydrogen) atoms. The van der Waals surface area contributed by atoms with Gasteiger partial charge in [-0.3, -0.25) is 4.79 Å². The van der Waals surface area contributed by atoms with Gasteiger partial charge in [0.15, 0.2) is 0 Å². The Hall–Kier alpha value is -0.580. The average Bonchev–Trinajstić information content (AvgIpc) is 2.38. The van der Waals surface area contributed by atoms with Crippen LogP contribution in [0, 0.1) is 15.4 Å². The van der Waals surface area contributed by atoms with Crippen LogP contribution in [0.4, 0.5) is 0 Å². The van der Waals surface area contributed by atoms with Crippen LogP contribution in [0.15, 0.2) is 24.3 Å². The number of carbonyl (C=O) groups is 1. The van der Waals surface area contributed by atoms with Gasteiger partial charge < -0.3 is 5.32 Å². The second-order valence-corrected chi connectivity index (χ2v) is 6.59. The van der Waals surface area contributed by atoms with Gasteiger partial charge in [-0.2, -0.15) is 0 Å². The summed E-state index contributed by atoms with van der Waals surface area (Å²) in [7, 11) is 0. The Balaban J connectivity index is 1.81. The first-order valence-electron chi connectivity index (χ1n) is 6.69. The molecule has 1 aromatic carbocycles. The molecule has 0 aromatic heterocycles. The third kappa shape index (κ3) is 3.97. The molecule has 1 aliphatic rings. The largest absolute Gasteiger partial charge is 0.352 e. The average molecular weight is 357 g/mol. The van der Waals surface area contributed by atoms with Crippen LogP contribution >= 0.6 is 22.6 Å². The highest BCUT2D eigenvalue weighted by Gasteiger charge is 2.18. The lowest BCUT2D eigenvalue weighted by Crippen LogP contribution is -2.31. The van der Waals surface area contributed by atoms with Crippen LogP contribution < -0.4 is 5.32 Å². The van der Waals surface area contributed by atoms with Crippen LogP contribution in [0.3, 0.4) is 0 Å². The monoisotopic (exact) mass is 357 g/mol. The highest BCUT2D eigenvalue weighted by molar-refractivity contribution is 14.1. The van der Waals surface area contributed by atoms with E-state index in [1.807, 2.05) is 24.3 Å². The van der Waals surface area contributed by atoms with Crippen LogP contribution in [0.5, 0.6) is 0 Å². The van der Waals surface area contributed by atoms with Crippen molar-refractivity contribution in [3.63, 3.8) is 0 Å². The summed E-state index contributed by atoms with van der Waals surface area (Å²) in [5.74, 6) is 1.60. The summed E-state index contributed by atoms with van der Waals surface area (Å²) >= 11 is 2.23. The van der Waals surface area contributed by atoms with Gasteiger partial charge in [0, 0.05) is 15.7 Å². The van der Waals surface area contributed by atoms with Crippen molar-refractivity contribution in [3.05, 3.63) is 33.4 Å². The second kappa shape index (κ2) is 6.55. The van der Waals surface area contributed by atoms with Crippen molar-refractivity contribution in [1.29, 1.82) is 0 Å². The maximum atomic E-state index is 12.0. The molecular formula is C15H20INO. The molecule has 0 bridgehead atoms. The van der Waals surface area contributed by atoms with E-state index in [0.717, 1.165) is 21.6 Å². The third-order valence-electron chi connectivity index (χ3n) is 3.77. The molecule has 1 amide bonds. The number of rotatable bonds is 3. The number of nitrogens with one attached hydrogen (secondary N) is 1. The van der Waals surface area contributed by atoms with E-state index in [-0.39, 0.29) is 5.91 Å². The van der Waals surface area contributed by atoms with Crippen molar-refractivity contribution < 1.29 is 4.79 Å². The quantitative estimate of drug-likeness (QED) is 0.819. The highest BCUT2D eigenvalue weighted by Crippen LogP contribution is 2.27. The lowest BCUT2D eigenvalue weighted by atomic mass is 9.83. The molecule has 0 unspecified atom stereocenters. The maximum absolute atomic E-state index is 12.0. The van der Waals surface area contributed by atoms with Gasteiger partial charge in [-0.1, -0.05) is 25.8 Å². The summed E-state index contributed by atoms with van der Waals surface area (Å²) in [6.45, 7) is 3.15. The Morgan fingerprint density at radius 3 is 2.72 bits per heavy atom. The SMILES string of the molecule is CC1CCC(CNC(=O)c2cccc(I)c2)CC1. The van der Waals surface area contributed by atoms with E-state index in [1.165, 1.54) is 25.7 Å². The minimum atomic E-state index is 0.0622. The van der Waals surface area contributed by atoms with Crippen molar-refractivity contribution in [2.24, 2.45) is 11.8 Å². The van der Waals surface area contributed by atoms with Crippen LogP contribution in [0.1, 0.15) is 43.0 Å². The second-order valence-electron chi connectivity index (χ2n) is 5.35. The molecule has 3 heteroatoms. The highest BCUT2D eigenvalue weighted by atomic mass is 127. The number of amides is 1. The topological polar surface area (TPSA) is 29.1 Å². The summed E-state index contributed by atoms with van der Waals surface area (Å²) in [6.07, 6.45) is 5.13. The predicted octanol–water partition coefficient (Wildman–Crippen LogP) is 3.85. The van der Waals surface area contributed by atoms with Gasteiger partial charge in [-0.05, 0) is 65.5 Å². The Labute approximate surface area is 123 Å². The van der Waals surface area contributed by atoms with Crippen molar-refractivity contribution >= 4 is 28.5 Å². The van der Waals surface area contributed by atoms with Gasteiger partial charge in [0.1, 0.15) is 0 Å². The minimum Gasteiger partial charge on any atom is -0.352 e. The van der Waals surface area contributed by atoms with E-state index in [1.54, 1.807) is 0 Å². The molecule has 0 atom stereocenters. The molecular weight excluding hydrogens is 337 g/mol. The van der Waals surface area contributed by atoms with E-state index in [0.29, 0.717) is 5.92 Å². The van der Waals surface area contributed by atoms with Crippen molar-refractivity contribution in [2.45, 2.75) is 32.6 Å². The Kier molecular flexibility index (Phi) is 5.03. The molecule has 1 saturated carbocycles. The molecule has 1 aromatic rings. The first-order chi connectivity index (χ1) is 8.65. The molecule has 0 saturated heterocycles. The zero-order chi connectivity index (χ0) is 13.0. The molecule has 0 aliphatic heterocycles. The van der Waals surface area contributed by atoms with E-state index in [2.05, 4.69) is 34.8 Å². The van der Waals surface area contributed by atoms with Crippen LogP contribution in [-0.2, 0) is 0 Å². The van der Waals surface area contributed by atoms with Gasteiger partial charge in [-0.25, -0.2) is 0 Å². The van der Waals surface area contributed by atoms with Gasteiger partial charge in [0.05, 0.1) is 0 Å². The fraction of sp³-hybridized carbons (Fsp3) is 0.533. The van der Waals surface area contributed by atoms with E-state index in [4.69, 9.17) is 0 Å². The van der Waals surface area contributed by atoms with Crippen LogP contribution in [0.2, 0.25) is 0 Å². The minimum absolute atomic E-state index is 0.0622. The van der Waals surface area contributed by atoms with Crippen molar-refractivity contribution in [3.8, 4) is 0 Å². The Bertz CT molecular complexity index is 411. The molecule has 0 radical (unpaired) electrons. The lowest BCUT2D eigenvalue weighted by molar-refractivity contribution is 0.0942. The molecule has 0 heterocycles. The fourth-order valence-corrected chi connectivity index (χ4v) is 3.05. The fourth-order valence-electron chi connectivity index (χ4n) is 2.50. The number of benzene rings is 1. The van der Waals surface area contributed by atoms with E-state index < -0.39 is 0 Å². The number of hydrogen-bond acceptors (Lipinski definition) is 1. The lowest BCUT2D eigenvalue weighted by Gasteiger charge is -2.26. The number of hydrogen-bond donors (Lipinski definition) is 1. The molecule has 2 rings (SSSR count). The Morgan fingerprint density at radius 2 is 2.06 bits per heavy atom. The summed E-state index contributed by atoms with van der Waals surface area (Å²) in [4.78, 5) is 12.0. The van der Waals surface area contributed by atoms with Crippen molar-refractivity contribution in [1.82, 2.24) is 5.32 Å².